The molecule has 2 N–H and O–H groups in total. The standard InChI is InChI=1S/2C9H11NO3/c2*1-6(2)13-7-3-4-8(9(11)12)10-5-7/h2*3-6H,1-2H3,(H,11,12). The van der Waals surface area contributed by atoms with E-state index in [1.165, 1.54) is 24.5 Å². The largest absolute Gasteiger partial charge is 0.489 e. The van der Waals surface area contributed by atoms with Crippen molar-refractivity contribution in [2.24, 2.45) is 0 Å². The van der Waals surface area contributed by atoms with Crippen LogP contribution < -0.4 is 9.47 Å². The zero-order valence-electron chi connectivity index (χ0n) is 15.0. The highest BCUT2D eigenvalue weighted by molar-refractivity contribution is 5.85. The van der Waals surface area contributed by atoms with Crippen molar-refractivity contribution in [2.45, 2.75) is 39.9 Å². The molecule has 2 aromatic rings. The first-order chi connectivity index (χ1) is 12.2. The molecule has 8 heteroatoms. The smallest absolute Gasteiger partial charge is 0.354 e. The summed E-state index contributed by atoms with van der Waals surface area (Å²) in [5.74, 6) is -0.896. The van der Waals surface area contributed by atoms with Crippen molar-refractivity contribution in [1.82, 2.24) is 9.97 Å². The number of hydrogen-bond acceptors (Lipinski definition) is 6. The molecule has 0 saturated carbocycles. The number of rotatable bonds is 6. The highest BCUT2D eigenvalue weighted by Gasteiger charge is 2.05. The van der Waals surface area contributed by atoms with Crippen LogP contribution in [0.5, 0.6) is 11.5 Å². The molecule has 2 heterocycles. The van der Waals surface area contributed by atoms with Crippen molar-refractivity contribution in [3.63, 3.8) is 0 Å². The minimum Gasteiger partial charge on any atom is -0.489 e. The number of nitrogens with zero attached hydrogens (tertiary/aromatic N) is 2. The minimum absolute atomic E-state index is 0.0242. The van der Waals surface area contributed by atoms with E-state index < -0.39 is 11.9 Å². The molecule has 8 nitrogen and oxygen atoms in total. The van der Waals surface area contributed by atoms with E-state index in [2.05, 4.69) is 9.97 Å². The van der Waals surface area contributed by atoms with Crippen LogP contribution in [0.2, 0.25) is 0 Å². The number of aromatic nitrogens is 2. The number of aromatic carboxylic acids is 2. The van der Waals surface area contributed by atoms with Gasteiger partial charge in [0.25, 0.3) is 0 Å². The molecule has 0 radical (unpaired) electrons. The van der Waals surface area contributed by atoms with Crippen LogP contribution in [0.3, 0.4) is 0 Å². The summed E-state index contributed by atoms with van der Waals surface area (Å²) in [5, 5.41) is 17.1. The van der Waals surface area contributed by atoms with Gasteiger partial charge in [-0.2, -0.15) is 0 Å². The fourth-order valence-corrected chi connectivity index (χ4v) is 1.70. The lowest BCUT2D eigenvalue weighted by atomic mass is 10.3. The number of carboxylic acid groups (broad SMARTS) is 2. The van der Waals surface area contributed by atoms with Gasteiger partial charge in [-0.15, -0.1) is 0 Å². The van der Waals surface area contributed by atoms with Crippen LogP contribution >= 0.6 is 0 Å². The third-order valence-corrected chi connectivity index (χ3v) is 2.65. The molecule has 0 bridgehead atoms. The van der Waals surface area contributed by atoms with Gasteiger partial charge in [-0.3, -0.25) is 0 Å². The first kappa shape index (κ1) is 20.9. The first-order valence-corrected chi connectivity index (χ1v) is 7.91. The average Bonchev–Trinajstić information content (AvgIpc) is 2.55. The first-order valence-electron chi connectivity index (χ1n) is 7.91. The molecule has 0 unspecified atom stereocenters. The summed E-state index contributed by atoms with van der Waals surface area (Å²) in [6.45, 7) is 7.58. The Morgan fingerprint density at radius 1 is 0.769 bits per heavy atom. The van der Waals surface area contributed by atoms with Gasteiger partial charge in [-0.1, -0.05) is 0 Å². The van der Waals surface area contributed by atoms with Crippen molar-refractivity contribution in [2.75, 3.05) is 0 Å². The highest BCUT2D eigenvalue weighted by atomic mass is 16.5. The number of hydrogen-bond donors (Lipinski definition) is 2. The van der Waals surface area contributed by atoms with Crippen molar-refractivity contribution in [3.8, 4) is 11.5 Å². The predicted octanol–water partition coefficient (Wildman–Crippen LogP) is 3.13. The van der Waals surface area contributed by atoms with Gasteiger partial charge in [-0.05, 0) is 52.0 Å². The Hall–Kier alpha value is -3.16. The van der Waals surface area contributed by atoms with Gasteiger partial charge in [0.1, 0.15) is 22.9 Å². The molecule has 0 spiro atoms. The van der Waals surface area contributed by atoms with Gasteiger partial charge in [0.05, 0.1) is 24.6 Å². The van der Waals surface area contributed by atoms with Gasteiger partial charge in [0.2, 0.25) is 0 Å². The molecule has 2 rings (SSSR count). The molecule has 2 aromatic heterocycles. The maximum absolute atomic E-state index is 10.4. The van der Waals surface area contributed by atoms with Crippen LogP contribution in [0, 0.1) is 0 Å². The van der Waals surface area contributed by atoms with Gasteiger partial charge < -0.3 is 19.7 Å². The van der Waals surface area contributed by atoms with Crippen molar-refractivity contribution in [1.29, 1.82) is 0 Å². The predicted molar refractivity (Wildman–Crippen MR) is 93.9 cm³/mol. The fraction of sp³-hybridized carbons (Fsp3) is 0.333. The normalized spacial score (nSPS) is 10.1. The van der Waals surface area contributed by atoms with Crippen molar-refractivity contribution >= 4 is 11.9 Å². The Labute approximate surface area is 151 Å². The molecule has 0 atom stereocenters. The Balaban J connectivity index is 0.000000260. The summed E-state index contributed by atoms with van der Waals surface area (Å²) in [4.78, 5) is 28.3. The van der Waals surface area contributed by atoms with E-state index in [0.29, 0.717) is 11.5 Å². The summed E-state index contributed by atoms with van der Waals surface area (Å²) in [7, 11) is 0. The third kappa shape index (κ3) is 7.61. The van der Waals surface area contributed by atoms with Gasteiger partial charge in [0.15, 0.2) is 0 Å². The van der Waals surface area contributed by atoms with E-state index in [9.17, 15) is 9.59 Å². The molecule has 140 valence electrons. The second kappa shape index (κ2) is 9.97. The van der Waals surface area contributed by atoms with E-state index in [1.807, 2.05) is 27.7 Å². The number of pyridine rings is 2. The third-order valence-electron chi connectivity index (χ3n) is 2.65. The molecule has 0 aliphatic heterocycles. The van der Waals surface area contributed by atoms with Crippen LogP contribution in [0.1, 0.15) is 48.7 Å². The van der Waals surface area contributed by atoms with E-state index in [-0.39, 0.29) is 23.6 Å². The maximum Gasteiger partial charge on any atom is 0.354 e. The van der Waals surface area contributed by atoms with Crippen LogP contribution in [-0.4, -0.2) is 44.3 Å². The molecule has 0 aliphatic carbocycles. The molecular formula is C18H22N2O6. The quantitative estimate of drug-likeness (QED) is 0.804. The maximum atomic E-state index is 10.4. The Morgan fingerprint density at radius 3 is 1.31 bits per heavy atom. The molecule has 0 saturated heterocycles. The molecular weight excluding hydrogens is 340 g/mol. The lowest BCUT2D eigenvalue weighted by molar-refractivity contribution is 0.0679. The monoisotopic (exact) mass is 362 g/mol. The lowest BCUT2D eigenvalue weighted by Gasteiger charge is -2.08. The zero-order valence-corrected chi connectivity index (χ0v) is 15.0. The molecule has 0 aromatic carbocycles. The number of carbonyl (C=O) groups is 2. The summed E-state index contributed by atoms with van der Waals surface area (Å²) < 4.78 is 10.6. The van der Waals surface area contributed by atoms with Gasteiger partial charge in [0, 0.05) is 0 Å². The fourth-order valence-electron chi connectivity index (χ4n) is 1.70. The van der Waals surface area contributed by atoms with Crippen LogP contribution in [0.15, 0.2) is 36.7 Å². The van der Waals surface area contributed by atoms with Gasteiger partial charge >= 0.3 is 11.9 Å². The number of ether oxygens (including phenoxy) is 2. The van der Waals surface area contributed by atoms with Crippen LogP contribution in [-0.2, 0) is 0 Å². The molecule has 26 heavy (non-hydrogen) atoms. The second-order valence-electron chi connectivity index (χ2n) is 5.70. The number of carboxylic acids is 2. The molecule has 0 fully saturated rings. The Kier molecular flexibility index (Phi) is 8.01. The summed E-state index contributed by atoms with van der Waals surface area (Å²) >= 11 is 0. The second-order valence-corrected chi connectivity index (χ2v) is 5.70. The Morgan fingerprint density at radius 2 is 1.12 bits per heavy atom. The average molecular weight is 362 g/mol. The minimum atomic E-state index is -1.03. The highest BCUT2D eigenvalue weighted by Crippen LogP contribution is 2.11. The SMILES string of the molecule is CC(C)Oc1ccc(C(=O)O)nc1.CC(C)Oc1ccc(C(=O)O)nc1. The van der Waals surface area contributed by atoms with Crippen molar-refractivity contribution in [3.05, 3.63) is 48.0 Å². The Bertz CT molecular complexity index is 648. The van der Waals surface area contributed by atoms with E-state index >= 15 is 0 Å². The summed E-state index contributed by atoms with van der Waals surface area (Å²) in [6, 6.07) is 6.02. The van der Waals surface area contributed by atoms with E-state index in [0.717, 1.165) is 0 Å². The van der Waals surface area contributed by atoms with E-state index in [4.69, 9.17) is 19.7 Å². The molecule has 0 aliphatic rings. The topological polar surface area (TPSA) is 119 Å². The van der Waals surface area contributed by atoms with Crippen LogP contribution in [0.25, 0.3) is 0 Å². The van der Waals surface area contributed by atoms with Crippen molar-refractivity contribution < 1.29 is 29.3 Å². The zero-order chi connectivity index (χ0) is 19.7. The lowest BCUT2D eigenvalue weighted by Crippen LogP contribution is -2.06. The summed E-state index contributed by atoms with van der Waals surface area (Å²) in [6.07, 6.45) is 2.95. The van der Waals surface area contributed by atoms with Gasteiger partial charge in [-0.25, -0.2) is 19.6 Å². The summed E-state index contributed by atoms with van der Waals surface area (Å²) in [5.41, 5.74) is 0.0483. The molecule has 0 amide bonds. The van der Waals surface area contributed by atoms with Crippen LogP contribution in [0.4, 0.5) is 0 Å². The van der Waals surface area contributed by atoms with E-state index in [1.54, 1.807) is 12.1 Å².